The maximum atomic E-state index is 9.98. The minimum atomic E-state index is 0.639. The molecule has 0 spiro atoms. The first-order valence-electron chi connectivity index (χ1n) is 10.4. The van der Waals surface area contributed by atoms with Crippen LogP contribution in [0, 0.1) is 11.3 Å². The molecule has 0 saturated carbocycles. The zero-order chi connectivity index (χ0) is 20.8. The Hall–Kier alpha value is -2.32. The number of nitrogens with zero attached hydrogens (tertiary/aromatic N) is 3. The van der Waals surface area contributed by atoms with E-state index in [1.807, 2.05) is 48.5 Å². The predicted octanol–water partition coefficient (Wildman–Crippen LogP) is 6.52. The van der Waals surface area contributed by atoms with Gasteiger partial charge in [-0.15, -0.1) is 11.8 Å². The van der Waals surface area contributed by atoms with Crippen molar-refractivity contribution in [2.45, 2.75) is 24.3 Å². The topological polar surface area (TPSA) is 39.9 Å². The highest BCUT2D eigenvalue weighted by Gasteiger charge is 2.17. The molecule has 5 heteroatoms. The van der Waals surface area contributed by atoms with Crippen molar-refractivity contribution >= 4 is 23.4 Å². The van der Waals surface area contributed by atoms with Crippen LogP contribution in [-0.4, -0.2) is 35.3 Å². The predicted molar refractivity (Wildman–Crippen MR) is 126 cm³/mol. The van der Waals surface area contributed by atoms with Crippen LogP contribution in [0.3, 0.4) is 0 Å². The molecule has 4 rings (SSSR count). The number of hydrogen-bond acceptors (Lipinski definition) is 4. The van der Waals surface area contributed by atoms with Gasteiger partial charge in [-0.25, -0.2) is 4.98 Å². The lowest BCUT2D eigenvalue weighted by atomic mass is 9.99. The summed E-state index contributed by atoms with van der Waals surface area (Å²) in [6.07, 6.45) is 3.92. The number of pyridine rings is 1. The molecule has 0 atom stereocenters. The number of rotatable bonds is 6. The van der Waals surface area contributed by atoms with E-state index in [1.165, 1.54) is 32.4 Å². The molecule has 0 unspecified atom stereocenters. The Bertz CT molecular complexity index is 1020. The van der Waals surface area contributed by atoms with Crippen LogP contribution in [0.4, 0.5) is 0 Å². The van der Waals surface area contributed by atoms with Gasteiger partial charge < -0.3 is 4.90 Å². The van der Waals surface area contributed by atoms with Gasteiger partial charge in [-0.2, -0.15) is 5.26 Å². The number of hydrogen-bond donors (Lipinski definition) is 0. The maximum Gasteiger partial charge on any atom is 0.115 e. The minimum absolute atomic E-state index is 0.639. The molecule has 1 aliphatic heterocycles. The zero-order valence-electron chi connectivity index (χ0n) is 16.9. The van der Waals surface area contributed by atoms with Crippen LogP contribution in [0.25, 0.3) is 22.4 Å². The summed E-state index contributed by atoms with van der Waals surface area (Å²) >= 11 is 7.77. The summed E-state index contributed by atoms with van der Waals surface area (Å²) in [5.41, 5.74) is 4.47. The van der Waals surface area contributed by atoms with Crippen LogP contribution in [0.2, 0.25) is 5.02 Å². The summed E-state index contributed by atoms with van der Waals surface area (Å²) < 4.78 is 0. The highest BCUT2D eigenvalue weighted by molar-refractivity contribution is 7.99. The van der Waals surface area contributed by atoms with E-state index >= 15 is 0 Å². The van der Waals surface area contributed by atoms with Crippen molar-refractivity contribution in [1.82, 2.24) is 9.88 Å². The number of piperidine rings is 1. The second-order valence-corrected chi connectivity index (χ2v) is 8.99. The monoisotopic (exact) mass is 433 g/mol. The molecule has 0 radical (unpaired) electrons. The van der Waals surface area contributed by atoms with Gasteiger partial charge in [0.05, 0.1) is 11.3 Å². The third kappa shape index (κ3) is 5.05. The van der Waals surface area contributed by atoms with Crippen molar-refractivity contribution in [3.63, 3.8) is 0 Å². The lowest BCUT2D eigenvalue weighted by Crippen LogP contribution is -2.31. The maximum absolute atomic E-state index is 9.98. The second kappa shape index (κ2) is 10.1. The average molecular weight is 434 g/mol. The van der Waals surface area contributed by atoms with Crippen LogP contribution in [0.5, 0.6) is 0 Å². The van der Waals surface area contributed by atoms with Crippen molar-refractivity contribution in [2.75, 3.05) is 25.4 Å². The van der Waals surface area contributed by atoms with E-state index in [-0.39, 0.29) is 0 Å². The fourth-order valence-electron chi connectivity index (χ4n) is 3.80. The molecule has 1 fully saturated rings. The molecule has 0 amide bonds. The lowest BCUT2D eigenvalue weighted by molar-refractivity contribution is 0.242. The summed E-state index contributed by atoms with van der Waals surface area (Å²) in [5.74, 6) is 0.931. The van der Waals surface area contributed by atoms with Gasteiger partial charge in [0, 0.05) is 28.4 Å². The van der Waals surface area contributed by atoms with Gasteiger partial charge in [-0.3, -0.25) is 0 Å². The molecule has 30 heavy (non-hydrogen) atoms. The summed E-state index contributed by atoms with van der Waals surface area (Å²) in [6.45, 7) is 3.39. The van der Waals surface area contributed by atoms with Crippen LogP contribution >= 0.6 is 23.4 Å². The molecule has 2 aromatic carbocycles. The lowest BCUT2D eigenvalue weighted by Gasteiger charge is -2.26. The van der Waals surface area contributed by atoms with E-state index in [4.69, 9.17) is 16.6 Å². The summed E-state index contributed by atoms with van der Waals surface area (Å²) in [4.78, 5) is 7.41. The Morgan fingerprint density at radius 2 is 1.70 bits per heavy atom. The summed E-state index contributed by atoms with van der Waals surface area (Å²) in [7, 11) is 0. The standard InChI is InChI=1S/C25H24ClN3S/c26-21-11-9-19(10-12-21)22-17-24(20-7-3-1-4-8-20)28-25(23(22)18-27)30-16-15-29-13-5-2-6-14-29/h1,3-4,7-12,17H,2,5-6,13-16H2. The molecule has 3 aromatic rings. The third-order valence-electron chi connectivity index (χ3n) is 5.42. The molecule has 0 aliphatic carbocycles. The molecule has 3 nitrogen and oxygen atoms in total. The van der Waals surface area contributed by atoms with E-state index in [1.54, 1.807) is 11.8 Å². The first kappa shape index (κ1) is 20.9. The van der Waals surface area contributed by atoms with Crippen LogP contribution in [0.1, 0.15) is 24.8 Å². The second-order valence-electron chi connectivity index (χ2n) is 7.47. The SMILES string of the molecule is N#Cc1c(-c2ccc(Cl)cc2)cc(-c2ccccc2)nc1SCCN1CCCCC1. The summed E-state index contributed by atoms with van der Waals surface area (Å²) in [6, 6.07) is 22.2. The van der Waals surface area contributed by atoms with E-state index in [9.17, 15) is 5.26 Å². The van der Waals surface area contributed by atoms with Crippen molar-refractivity contribution in [3.8, 4) is 28.5 Å². The van der Waals surface area contributed by atoms with E-state index < -0.39 is 0 Å². The van der Waals surface area contributed by atoms with E-state index in [2.05, 4.69) is 23.1 Å². The molecule has 152 valence electrons. The van der Waals surface area contributed by atoms with Gasteiger partial charge in [0.25, 0.3) is 0 Å². The molecular weight excluding hydrogens is 410 g/mol. The van der Waals surface area contributed by atoms with Gasteiger partial charge in [-0.1, -0.05) is 60.5 Å². The number of halogens is 1. The Kier molecular flexibility index (Phi) is 7.07. The van der Waals surface area contributed by atoms with Crippen LogP contribution in [0.15, 0.2) is 65.7 Å². The Morgan fingerprint density at radius 3 is 2.40 bits per heavy atom. The molecule has 0 N–H and O–H groups in total. The Balaban J connectivity index is 1.68. The number of nitriles is 1. The van der Waals surface area contributed by atoms with Crippen molar-refractivity contribution in [1.29, 1.82) is 5.26 Å². The first-order chi connectivity index (χ1) is 14.7. The normalized spacial score (nSPS) is 14.4. The first-order valence-corrected chi connectivity index (χ1v) is 11.7. The smallest absolute Gasteiger partial charge is 0.115 e. The number of aromatic nitrogens is 1. The van der Waals surface area contributed by atoms with Crippen molar-refractivity contribution < 1.29 is 0 Å². The number of thioether (sulfide) groups is 1. The fourth-order valence-corrected chi connectivity index (χ4v) is 4.93. The summed E-state index contributed by atoms with van der Waals surface area (Å²) in [5, 5.41) is 11.5. The highest BCUT2D eigenvalue weighted by Crippen LogP contribution is 2.34. The molecule has 1 saturated heterocycles. The molecule has 1 aromatic heterocycles. The van der Waals surface area contributed by atoms with Gasteiger partial charge in [0.1, 0.15) is 11.1 Å². The Labute approximate surface area is 187 Å². The zero-order valence-corrected chi connectivity index (χ0v) is 18.4. The van der Waals surface area contributed by atoms with Gasteiger partial charge in [0.15, 0.2) is 0 Å². The minimum Gasteiger partial charge on any atom is -0.303 e. The van der Waals surface area contributed by atoms with Crippen molar-refractivity contribution in [3.05, 3.63) is 71.2 Å². The molecular formula is C25H24ClN3S. The largest absolute Gasteiger partial charge is 0.303 e. The molecule has 2 heterocycles. The van der Waals surface area contributed by atoms with Gasteiger partial charge in [0.2, 0.25) is 0 Å². The number of likely N-dealkylation sites (tertiary alicyclic amines) is 1. The van der Waals surface area contributed by atoms with Crippen molar-refractivity contribution in [2.24, 2.45) is 0 Å². The van der Waals surface area contributed by atoms with E-state index in [0.29, 0.717) is 10.6 Å². The van der Waals surface area contributed by atoms with Crippen LogP contribution in [-0.2, 0) is 0 Å². The van der Waals surface area contributed by atoms with Gasteiger partial charge in [-0.05, 0) is 49.7 Å². The third-order valence-corrected chi connectivity index (χ3v) is 6.63. The van der Waals surface area contributed by atoms with E-state index in [0.717, 1.165) is 39.7 Å². The van der Waals surface area contributed by atoms with Gasteiger partial charge >= 0.3 is 0 Å². The van der Waals surface area contributed by atoms with Crippen LogP contribution < -0.4 is 0 Å². The fraction of sp³-hybridized carbons (Fsp3) is 0.280. The highest BCUT2D eigenvalue weighted by atomic mass is 35.5. The molecule has 1 aliphatic rings. The number of benzene rings is 2. The average Bonchev–Trinajstić information content (AvgIpc) is 2.80. The molecule has 0 bridgehead atoms. The quantitative estimate of drug-likeness (QED) is 0.415. The Morgan fingerprint density at radius 1 is 0.967 bits per heavy atom.